The molecular formula is C20H19ClFN3O. The molecule has 1 N–H and O–H groups in total. The molecule has 6 heteroatoms. The largest absolute Gasteiger partial charge is 0.322 e. The van der Waals surface area contributed by atoms with Crippen LogP contribution in [0, 0.1) is 12.7 Å². The number of carbonyl (C=O) groups is 1. The highest BCUT2D eigenvalue weighted by Crippen LogP contribution is 2.25. The van der Waals surface area contributed by atoms with Gasteiger partial charge in [0.05, 0.1) is 11.4 Å². The van der Waals surface area contributed by atoms with Crippen molar-refractivity contribution in [2.24, 2.45) is 0 Å². The van der Waals surface area contributed by atoms with Gasteiger partial charge in [-0.25, -0.2) is 9.07 Å². The van der Waals surface area contributed by atoms with Gasteiger partial charge in [0.15, 0.2) is 0 Å². The third-order valence-corrected chi connectivity index (χ3v) is 4.49. The molecule has 0 spiro atoms. The number of hydrogen-bond donors (Lipinski definition) is 1. The lowest BCUT2D eigenvalue weighted by molar-refractivity contribution is 0.102. The Bertz CT molecular complexity index is 931. The zero-order valence-corrected chi connectivity index (χ0v) is 15.5. The average molecular weight is 372 g/mol. The van der Waals surface area contributed by atoms with Crippen LogP contribution in [0.4, 0.5) is 10.1 Å². The molecule has 1 heterocycles. The molecule has 0 bridgehead atoms. The van der Waals surface area contributed by atoms with Crippen LogP contribution in [0.5, 0.6) is 0 Å². The fourth-order valence-electron chi connectivity index (χ4n) is 2.66. The third kappa shape index (κ3) is 3.63. The van der Waals surface area contributed by atoms with E-state index >= 15 is 0 Å². The first-order valence-corrected chi connectivity index (χ1v) is 8.67. The zero-order chi connectivity index (χ0) is 18.8. The Morgan fingerprint density at radius 3 is 2.31 bits per heavy atom. The van der Waals surface area contributed by atoms with Gasteiger partial charge in [-0.05, 0) is 54.8 Å². The van der Waals surface area contributed by atoms with Gasteiger partial charge in [-0.15, -0.1) is 0 Å². The molecule has 4 nitrogen and oxygen atoms in total. The zero-order valence-electron chi connectivity index (χ0n) is 14.8. The van der Waals surface area contributed by atoms with Crippen molar-refractivity contribution in [1.82, 2.24) is 9.78 Å². The van der Waals surface area contributed by atoms with E-state index in [1.807, 2.05) is 24.3 Å². The van der Waals surface area contributed by atoms with Gasteiger partial charge < -0.3 is 5.32 Å². The predicted octanol–water partition coefficient (Wildman–Crippen LogP) is 5.35. The van der Waals surface area contributed by atoms with Crippen LogP contribution in [-0.4, -0.2) is 15.7 Å². The highest BCUT2D eigenvalue weighted by Gasteiger charge is 2.21. The van der Waals surface area contributed by atoms with Gasteiger partial charge in [-0.3, -0.25) is 4.79 Å². The Morgan fingerprint density at radius 1 is 1.12 bits per heavy atom. The minimum atomic E-state index is -0.350. The fourth-order valence-corrected chi connectivity index (χ4v) is 3.01. The monoisotopic (exact) mass is 371 g/mol. The van der Waals surface area contributed by atoms with E-state index in [2.05, 4.69) is 24.3 Å². The van der Waals surface area contributed by atoms with Crippen molar-refractivity contribution in [1.29, 1.82) is 0 Å². The number of nitrogens with zero attached hydrogens (tertiary/aromatic N) is 2. The first kappa shape index (κ1) is 18.1. The summed E-state index contributed by atoms with van der Waals surface area (Å²) < 4.78 is 14.5. The van der Waals surface area contributed by atoms with E-state index in [4.69, 9.17) is 11.6 Å². The van der Waals surface area contributed by atoms with E-state index in [0.717, 1.165) is 0 Å². The topological polar surface area (TPSA) is 46.9 Å². The predicted molar refractivity (Wildman–Crippen MR) is 102 cm³/mol. The van der Waals surface area contributed by atoms with Gasteiger partial charge in [0.1, 0.15) is 16.5 Å². The van der Waals surface area contributed by atoms with Crippen LogP contribution in [0.25, 0.3) is 5.69 Å². The number of amides is 1. The highest BCUT2D eigenvalue weighted by atomic mass is 35.5. The maximum absolute atomic E-state index is 13.1. The second-order valence-corrected chi connectivity index (χ2v) is 6.73. The van der Waals surface area contributed by atoms with Gasteiger partial charge in [0.2, 0.25) is 0 Å². The van der Waals surface area contributed by atoms with Crippen LogP contribution in [0.2, 0.25) is 5.15 Å². The molecule has 0 atom stereocenters. The van der Waals surface area contributed by atoms with Crippen LogP contribution >= 0.6 is 11.6 Å². The van der Waals surface area contributed by atoms with Crippen molar-refractivity contribution >= 4 is 23.2 Å². The molecule has 0 aliphatic rings. The minimum Gasteiger partial charge on any atom is -0.322 e. The number of hydrogen-bond acceptors (Lipinski definition) is 2. The van der Waals surface area contributed by atoms with Crippen LogP contribution in [0.15, 0.2) is 48.5 Å². The van der Waals surface area contributed by atoms with Gasteiger partial charge in [-0.1, -0.05) is 37.6 Å². The van der Waals surface area contributed by atoms with E-state index in [1.165, 1.54) is 22.4 Å². The molecule has 134 valence electrons. The van der Waals surface area contributed by atoms with Crippen molar-refractivity contribution in [2.45, 2.75) is 26.7 Å². The van der Waals surface area contributed by atoms with Crippen LogP contribution in [0.3, 0.4) is 0 Å². The molecule has 1 aromatic heterocycles. The van der Waals surface area contributed by atoms with Crippen molar-refractivity contribution in [3.8, 4) is 5.69 Å². The van der Waals surface area contributed by atoms with Gasteiger partial charge in [0.25, 0.3) is 5.91 Å². The van der Waals surface area contributed by atoms with Crippen molar-refractivity contribution in [3.63, 3.8) is 0 Å². The van der Waals surface area contributed by atoms with E-state index in [1.54, 1.807) is 19.1 Å². The highest BCUT2D eigenvalue weighted by molar-refractivity contribution is 6.34. The Hall–Kier alpha value is -2.66. The number of benzene rings is 2. The Kier molecular flexibility index (Phi) is 5.09. The summed E-state index contributed by atoms with van der Waals surface area (Å²) in [6.07, 6.45) is 0. The van der Waals surface area contributed by atoms with E-state index in [0.29, 0.717) is 28.6 Å². The fraction of sp³-hybridized carbons (Fsp3) is 0.200. The summed E-state index contributed by atoms with van der Waals surface area (Å²) in [5.41, 5.74) is 3.25. The van der Waals surface area contributed by atoms with Gasteiger partial charge in [-0.2, -0.15) is 5.10 Å². The van der Waals surface area contributed by atoms with Crippen molar-refractivity contribution < 1.29 is 9.18 Å². The molecule has 1 amide bonds. The molecule has 0 unspecified atom stereocenters. The minimum absolute atomic E-state index is 0.186. The Balaban J connectivity index is 1.86. The quantitative estimate of drug-likeness (QED) is 0.672. The summed E-state index contributed by atoms with van der Waals surface area (Å²) in [7, 11) is 0. The number of anilines is 1. The summed E-state index contributed by atoms with van der Waals surface area (Å²) in [5.74, 6) is -0.264. The number of carbonyl (C=O) groups excluding carboxylic acids is 1. The standard InChI is InChI=1S/C20H19ClFN3O/c1-12(2)14-4-8-16(9-5-14)23-20(26)18-13(3)24-25(19(18)21)17-10-6-15(22)7-11-17/h4-12H,1-3H3,(H,23,26). The molecule has 3 aromatic rings. The molecule has 0 aliphatic heterocycles. The average Bonchev–Trinajstić information content (AvgIpc) is 2.90. The van der Waals surface area contributed by atoms with Crippen molar-refractivity contribution in [3.05, 3.63) is 76.3 Å². The maximum Gasteiger partial charge on any atom is 0.260 e. The molecule has 2 aromatic carbocycles. The number of nitrogens with one attached hydrogen (secondary N) is 1. The number of halogens is 2. The summed E-state index contributed by atoms with van der Waals surface area (Å²) >= 11 is 6.38. The van der Waals surface area contributed by atoms with Gasteiger partial charge in [0, 0.05) is 5.69 Å². The molecule has 0 aliphatic carbocycles. The van der Waals surface area contributed by atoms with Crippen LogP contribution in [-0.2, 0) is 0 Å². The summed E-state index contributed by atoms with van der Waals surface area (Å²) in [4.78, 5) is 12.7. The summed E-state index contributed by atoms with van der Waals surface area (Å²) in [6.45, 7) is 5.93. The second-order valence-electron chi connectivity index (χ2n) is 6.37. The molecule has 0 radical (unpaired) electrons. The van der Waals surface area contributed by atoms with E-state index < -0.39 is 0 Å². The lowest BCUT2D eigenvalue weighted by Crippen LogP contribution is -2.13. The SMILES string of the molecule is Cc1nn(-c2ccc(F)cc2)c(Cl)c1C(=O)Nc1ccc(C(C)C)cc1. The molecular weight excluding hydrogens is 353 g/mol. The number of aromatic nitrogens is 2. The van der Waals surface area contributed by atoms with Crippen LogP contribution in [0.1, 0.15) is 41.4 Å². The van der Waals surface area contributed by atoms with Gasteiger partial charge >= 0.3 is 0 Å². The number of aryl methyl sites for hydroxylation is 1. The van der Waals surface area contributed by atoms with E-state index in [-0.39, 0.29) is 16.9 Å². The van der Waals surface area contributed by atoms with Crippen LogP contribution < -0.4 is 5.32 Å². The lowest BCUT2D eigenvalue weighted by Gasteiger charge is -2.08. The lowest BCUT2D eigenvalue weighted by atomic mass is 10.0. The second kappa shape index (κ2) is 7.30. The molecule has 0 saturated carbocycles. The maximum atomic E-state index is 13.1. The normalized spacial score (nSPS) is 11.0. The Labute approximate surface area is 156 Å². The molecule has 0 saturated heterocycles. The summed E-state index contributed by atoms with van der Waals surface area (Å²) in [5, 5.41) is 7.34. The number of rotatable bonds is 4. The molecule has 26 heavy (non-hydrogen) atoms. The first-order chi connectivity index (χ1) is 12.4. The molecule has 3 rings (SSSR count). The third-order valence-electron chi connectivity index (χ3n) is 4.14. The summed E-state index contributed by atoms with van der Waals surface area (Å²) in [6, 6.07) is 13.4. The Morgan fingerprint density at radius 2 is 1.73 bits per heavy atom. The first-order valence-electron chi connectivity index (χ1n) is 8.29. The van der Waals surface area contributed by atoms with Crippen molar-refractivity contribution in [2.75, 3.05) is 5.32 Å². The smallest absolute Gasteiger partial charge is 0.260 e. The van der Waals surface area contributed by atoms with E-state index in [9.17, 15) is 9.18 Å². The molecule has 0 fully saturated rings.